The van der Waals surface area contributed by atoms with Crippen LogP contribution in [0.2, 0.25) is 0 Å². The molecule has 2 aromatic heterocycles. The second-order valence-electron chi connectivity index (χ2n) is 9.68. The van der Waals surface area contributed by atoms with E-state index in [-0.39, 0.29) is 36.5 Å². The first-order chi connectivity index (χ1) is 16.4. The number of rotatable bonds is 5. The summed E-state index contributed by atoms with van der Waals surface area (Å²) in [6.45, 7) is 5.25. The lowest BCUT2D eigenvalue weighted by atomic mass is 10.1. The van der Waals surface area contributed by atoms with Gasteiger partial charge in [-0.05, 0) is 56.9 Å². The van der Waals surface area contributed by atoms with E-state index in [1.165, 1.54) is 10.5 Å². The Kier molecular flexibility index (Phi) is 5.12. The Balaban J connectivity index is 1.58. The highest BCUT2D eigenvalue weighted by Crippen LogP contribution is 2.66. The number of carboxylic acid groups (broad SMARTS) is 1. The molecule has 3 unspecified atom stereocenters. The number of hydrogen-bond acceptors (Lipinski definition) is 5. The number of benzene rings is 1. The third kappa shape index (κ3) is 3.62. The third-order valence-electron chi connectivity index (χ3n) is 7.29. The largest absolute Gasteiger partial charge is 0.478 e. The molecule has 1 aromatic carbocycles. The van der Waals surface area contributed by atoms with Crippen LogP contribution < -0.4 is 15.8 Å². The zero-order chi connectivity index (χ0) is 25.3. The second kappa shape index (κ2) is 7.73. The topological polar surface area (TPSA) is 86.9 Å². The molecule has 10 heteroatoms. The van der Waals surface area contributed by atoms with E-state index in [1.54, 1.807) is 36.2 Å². The number of pyridine rings is 1. The number of piperidine rings is 1. The standard InChI is InChI=1S/C25H25F3N4O3/c1-13-8-18(15(3)29-19-7-5-4-6-17(19)23(34)35)21-30-20(14(2)22(33)32(21)10-13)31-11-16-9-24(16,12-31)25(26,27)28/h4-8,10,15-16,29H,9,11-12H2,1-3H3,(H,34,35). The minimum Gasteiger partial charge on any atom is -0.478 e. The Labute approximate surface area is 199 Å². The Hall–Kier alpha value is -3.56. The molecule has 2 aliphatic rings. The van der Waals surface area contributed by atoms with Gasteiger partial charge < -0.3 is 15.3 Å². The normalized spacial score (nSPS) is 22.2. The van der Waals surface area contributed by atoms with Crippen LogP contribution in [0.5, 0.6) is 0 Å². The smallest absolute Gasteiger partial charge is 0.396 e. The fourth-order valence-electron chi connectivity index (χ4n) is 5.30. The van der Waals surface area contributed by atoms with Crippen LogP contribution in [-0.2, 0) is 0 Å². The second-order valence-corrected chi connectivity index (χ2v) is 9.68. The van der Waals surface area contributed by atoms with E-state index < -0.39 is 29.5 Å². The van der Waals surface area contributed by atoms with Crippen LogP contribution >= 0.6 is 0 Å². The molecule has 0 radical (unpaired) electrons. The summed E-state index contributed by atoms with van der Waals surface area (Å²) < 4.78 is 42.4. The van der Waals surface area contributed by atoms with E-state index in [1.807, 2.05) is 19.9 Å². The van der Waals surface area contributed by atoms with Crippen LogP contribution in [-0.4, -0.2) is 39.7 Å². The Morgan fingerprint density at radius 3 is 2.66 bits per heavy atom. The number of alkyl halides is 3. The Morgan fingerprint density at radius 1 is 1.29 bits per heavy atom. The number of nitrogens with zero attached hydrogens (tertiary/aromatic N) is 3. The number of hydrogen-bond donors (Lipinski definition) is 2. The Bertz CT molecular complexity index is 1420. The predicted molar refractivity (Wildman–Crippen MR) is 125 cm³/mol. The van der Waals surface area contributed by atoms with Gasteiger partial charge in [-0.1, -0.05) is 12.1 Å². The summed E-state index contributed by atoms with van der Waals surface area (Å²) in [5.74, 6) is -1.28. The van der Waals surface area contributed by atoms with Crippen molar-refractivity contribution in [2.75, 3.05) is 23.3 Å². The third-order valence-corrected chi connectivity index (χ3v) is 7.29. The van der Waals surface area contributed by atoms with E-state index in [4.69, 9.17) is 4.98 Å². The number of carboxylic acids is 1. The molecule has 184 valence electrons. The summed E-state index contributed by atoms with van der Waals surface area (Å²) in [4.78, 5) is 31.2. The maximum Gasteiger partial charge on any atom is 0.396 e. The van der Waals surface area contributed by atoms with Crippen molar-refractivity contribution in [2.24, 2.45) is 11.3 Å². The molecule has 0 amide bonds. The van der Waals surface area contributed by atoms with Gasteiger partial charge in [0.1, 0.15) is 11.5 Å². The van der Waals surface area contributed by atoms with Gasteiger partial charge in [0.05, 0.1) is 22.6 Å². The number of nitrogens with one attached hydrogen (secondary N) is 1. The van der Waals surface area contributed by atoms with Gasteiger partial charge in [-0.15, -0.1) is 0 Å². The molecule has 1 aliphatic carbocycles. The van der Waals surface area contributed by atoms with E-state index in [0.717, 1.165) is 5.56 Å². The summed E-state index contributed by atoms with van der Waals surface area (Å²) in [5.41, 5.74) is 0.526. The lowest BCUT2D eigenvalue weighted by Gasteiger charge is -2.26. The SMILES string of the molecule is Cc1cc(C(C)Nc2ccccc2C(=O)O)c2nc(N3CC4CC4(C(F)(F)F)C3)c(C)c(=O)n2c1. The molecule has 1 saturated heterocycles. The fraction of sp³-hybridized carbons (Fsp3) is 0.400. The molecular weight excluding hydrogens is 461 g/mol. The number of halogens is 3. The minimum absolute atomic E-state index is 0.103. The highest BCUT2D eigenvalue weighted by molar-refractivity contribution is 5.94. The monoisotopic (exact) mass is 486 g/mol. The molecule has 1 aliphatic heterocycles. The van der Waals surface area contributed by atoms with Gasteiger partial charge in [-0.2, -0.15) is 13.2 Å². The van der Waals surface area contributed by atoms with Crippen molar-refractivity contribution in [2.45, 2.75) is 39.4 Å². The molecule has 3 atom stereocenters. The number of aromatic carboxylic acids is 1. The zero-order valence-electron chi connectivity index (χ0n) is 19.5. The minimum atomic E-state index is -4.29. The summed E-state index contributed by atoms with van der Waals surface area (Å²) in [6.07, 6.45) is -2.51. The van der Waals surface area contributed by atoms with Gasteiger partial charge >= 0.3 is 12.1 Å². The molecule has 2 N–H and O–H groups in total. The van der Waals surface area contributed by atoms with Crippen molar-refractivity contribution in [1.29, 1.82) is 0 Å². The quantitative estimate of drug-likeness (QED) is 0.550. The van der Waals surface area contributed by atoms with Crippen LogP contribution in [0.1, 0.15) is 46.4 Å². The molecule has 7 nitrogen and oxygen atoms in total. The molecule has 0 spiro atoms. The first kappa shape index (κ1) is 23.2. The maximum atomic E-state index is 13.7. The predicted octanol–water partition coefficient (Wildman–Crippen LogP) is 4.57. The summed E-state index contributed by atoms with van der Waals surface area (Å²) in [5, 5.41) is 12.7. The van der Waals surface area contributed by atoms with Crippen LogP contribution in [0.3, 0.4) is 0 Å². The number of anilines is 2. The first-order valence-electron chi connectivity index (χ1n) is 11.4. The molecule has 2 fully saturated rings. The molecule has 0 bridgehead atoms. The first-order valence-corrected chi connectivity index (χ1v) is 11.4. The number of carbonyl (C=O) groups is 1. The van der Waals surface area contributed by atoms with Crippen molar-refractivity contribution < 1.29 is 23.1 Å². The van der Waals surface area contributed by atoms with Crippen molar-refractivity contribution in [1.82, 2.24) is 9.38 Å². The van der Waals surface area contributed by atoms with Gasteiger partial charge in [0.2, 0.25) is 0 Å². The van der Waals surface area contributed by atoms with E-state index in [0.29, 0.717) is 22.5 Å². The molecule has 5 rings (SSSR count). The van der Waals surface area contributed by atoms with Crippen molar-refractivity contribution in [3.8, 4) is 0 Å². The average Bonchev–Trinajstić information content (AvgIpc) is 3.37. The van der Waals surface area contributed by atoms with Crippen LogP contribution in [0, 0.1) is 25.2 Å². The zero-order valence-corrected chi connectivity index (χ0v) is 19.5. The highest BCUT2D eigenvalue weighted by atomic mass is 19.4. The van der Waals surface area contributed by atoms with E-state index in [2.05, 4.69) is 5.32 Å². The van der Waals surface area contributed by atoms with Gasteiger partial charge in [0.25, 0.3) is 5.56 Å². The van der Waals surface area contributed by atoms with Crippen LogP contribution in [0.4, 0.5) is 24.7 Å². The van der Waals surface area contributed by atoms with Crippen LogP contribution in [0.25, 0.3) is 5.65 Å². The van der Waals surface area contributed by atoms with E-state index in [9.17, 15) is 27.9 Å². The highest BCUT2D eigenvalue weighted by Gasteiger charge is 2.74. The van der Waals surface area contributed by atoms with Crippen LogP contribution in [0.15, 0.2) is 41.3 Å². The van der Waals surface area contributed by atoms with Crippen molar-refractivity contribution in [3.63, 3.8) is 0 Å². The van der Waals surface area contributed by atoms with Crippen molar-refractivity contribution in [3.05, 3.63) is 69.1 Å². The lowest BCUT2D eigenvalue weighted by molar-refractivity contribution is -0.184. The van der Waals surface area contributed by atoms with Gasteiger partial charge in [0, 0.05) is 30.5 Å². The van der Waals surface area contributed by atoms with E-state index >= 15 is 0 Å². The van der Waals surface area contributed by atoms with Crippen molar-refractivity contribution >= 4 is 23.1 Å². The average molecular weight is 486 g/mol. The molecule has 1 saturated carbocycles. The van der Waals surface area contributed by atoms with Gasteiger partial charge in [0.15, 0.2) is 0 Å². The molecule has 35 heavy (non-hydrogen) atoms. The fourth-order valence-corrected chi connectivity index (χ4v) is 5.30. The molecule has 3 heterocycles. The number of fused-ring (bicyclic) bond motifs is 2. The number of aryl methyl sites for hydroxylation is 1. The summed E-state index contributed by atoms with van der Waals surface area (Å²) in [7, 11) is 0. The summed E-state index contributed by atoms with van der Waals surface area (Å²) in [6, 6.07) is 7.90. The molecule has 3 aromatic rings. The maximum absolute atomic E-state index is 13.7. The number of para-hydroxylation sites is 1. The number of aromatic nitrogens is 2. The lowest BCUT2D eigenvalue weighted by Crippen LogP contribution is -2.35. The van der Waals surface area contributed by atoms with Gasteiger partial charge in [-0.25, -0.2) is 9.78 Å². The Morgan fingerprint density at radius 2 is 2.00 bits per heavy atom. The van der Waals surface area contributed by atoms with Gasteiger partial charge in [-0.3, -0.25) is 9.20 Å². The summed E-state index contributed by atoms with van der Waals surface area (Å²) >= 11 is 0. The molecular formula is C25H25F3N4O3.